The third-order valence-corrected chi connectivity index (χ3v) is 2.57. The van der Waals surface area contributed by atoms with Gasteiger partial charge in [-0.15, -0.1) is 0 Å². The number of nitrogens with zero attached hydrogens (tertiary/aromatic N) is 1. The summed E-state index contributed by atoms with van der Waals surface area (Å²) in [4.78, 5) is 11.7. The van der Waals surface area contributed by atoms with Gasteiger partial charge in [0.15, 0.2) is 0 Å². The van der Waals surface area contributed by atoms with Crippen molar-refractivity contribution in [1.29, 1.82) is 5.26 Å². The van der Waals surface area contributed by atoms with E-state index in [0.29, 0.717) is 0 Å². The Hall–Kier alpha value is -1.86. The van der Waals surface area contributed by atoms with Gasteiger partial charge in [-0.1, -0.05) is 44.2 Å². The molecule has 0 saturated heterocycles. The summed E-state index contributed by atoms with van der Waals surface area (Å²) in [7, 11) is 0. The molecule has 0 saturated carbocycles. The zero-order valence-corrected chi connectivity index (χ0v) is 10.1. The van der Waals surface area contributed by atoms with Gasteiger partial charge in [-0.25, -0.2) is 0 Å². The van der Waals surface area contributed by atoms with E-state index in [4.69, 9.17) is 11.0 Å². The Morgan fingerprint density at radius 1 is 1.41 bits per heavy atom. The van der Waals surface area contributed by atoms with Gasteiger partial charge in [0.05, 0.1) is 12.1 Å². The van der Waals surface area contributed by atoms with Crippen LogP contribution in [0.5, 0.6) is 0 Å². The second-order valence-electron chi connectivity index (χ2n) is 4.25. The molecule has 0 aliphatic rings. The monoisotopic (exact) mass is 233 g/mol. The first-order chi connectivity index (χ1) is 8.06. The van der Waals surface area contributed by atoms with Crippen molar-refractivity contribution < 1.29 is 6.22 Å². The maximum atomic E-state index is 11.7. The van der Waals surface area contributed by atoms with Crippen LogP contribution in [-0.4, -0.2) is 11.9 Å². The van der Waals surface area contributed by atoms with Gasteiger partial charge in [-0.2, -0.15) is 5.26 Å². The number of nitrogens with two attached hydrogens (primary N) is 1. The van der Waals surface area contributed by atoms with Gasteiger partial charge in [0, 0.05) is 1.43 Å². The third-order valence-electron chi connectivity index (χ3n) is 2.57. The lowest BCUT2D eigenvalue weighted by atomic mass is 10.0. The van der Waals surface area contributed by atoms with Gasteiger partial charge < -0.3 is 11.1 Å². The van der Waals surface area contributed by atoms with Crippen LogP contribution in [-0.2, 0) is 4.79 Å². The number of amides is 1. The minimum atomic E-state index is -0.645. The molecule has 0 aliphatic heterocycles. The Balaban J connectivity index is 0.00000289. The van der Waals surface area contributed by atoms with Crippen molar-refractivity contribution in [2.24, 2.45) is 11.7 Å². The van der Waals surface area contributed by atoms with Crippen LogP contribution in [0, 0.1) is 17.2 Å². The van der Waals surface area contributed by atoms with E-state index in [2.05, 4.69) is 11.4 Å². The Kier molecular flexibility index (Phi) is 4.68. The predicted molar refractivity (Wildman–Crippen MR) is 67.9 cm³/mol. The van der Waals surface area contributed by atoms with E-state index in [1.54, 1.807) is 12.1 Å². The summed E-state index contributed by atoms with van der Waals surface area (Å²) in [6.45, 7) is 3.74. The van der Waals surface area contributed by atoms with Crippen molar-refractivity contribution in [3.05, 3.63) is 35.9 Å². The second kappa shape index (κ2) is 6.02. The molecule has 0 heterocycles. The maximum Gasteiger partial charge on any atom is 0.238 e. The van der Waals surface area contributed by atoms with Gasteiger partial charge in [0.25, 0.3) is 0 Å². The van der Waals surface area contributed by atoms with Crippen LogP contribution in [0.2, 0.25) is 0 Å². The van der Waals surface area contributed by atoms with E-state index in [0.717, 1.165) is 5.56 Å². The molecule has 0 spiro atoms. The summed E-state index contributed by atoms with van der Waals surface area (Å²) >= 11 is 0. The quantitative estimate of drug-likeness (QED) is 0.829. The van der Waals surface area contributed by atoms with Gasteiger partial charge in [-0.05, 0) is 11.5 Å². The van der Waals surface area contributed by atoms with Crippen LogP contribution in [0.25, 0.3) is 0 Å². The lowest BCUT2D eigenvalue weighted by Crippen LogP contribution is -2.45. The molecule has 4 heteroatoms. The van der Waals surface area contributed by atoms with Crippen molar-refractivity contribution >= 4 is 5.91 Å². The van der Waals surface area contributed by atoms with Crippen molar-refractivity contribution in [1.82, 2.24) is 5.32 Å². The Bertz CT molecular complexity index is 414. The molecular formula is C13H19N3O. The van der Waals surface area contributed by atoms with Crippen molar-refractivity contribution in [2.45, 2.75) is 25.9 Å². The molecule has 17 heavy (non-hydrogen) atoms. The summed E-state index contributed by atoms with van der Waals surface area (Å²) in [6, 6.07) is 9.94. The highest BCUT2D eigenvalue weighted by molar-refractivity contribution is 5.82. The van der Waals surface area contributed by atoms with Crippen molar-refractivity contribution in [2.75, 3.05) is 0 Å². The Labute approximate surface area is 103 Å². The van der Waals surface area contributed by atoms with E-state index in [9.17, 15) is 4.79 Å². The summed E-state index contributed by atoms with van der Waals surface area (Å²) in [5, 5.41) is 11.7. The number of rotatable bonds is 4. The van der Waals surface area contributed by atoms with Crippen molar-refractivity contribution in [3.63, 3.8) is 0 Å². The minimum absolute atomic E-state index is 0. The van der Waals surface area contributed by atoms with Crippen molar-refractivity contribution in [3.8, 4) is 6.07 Å². The summed E-state index contributed by atoms with van der Waals surface area (Å²) in [6.07, 6.45) is 0. The molecule has 0 bridgehead atoms. The SMILES string of the molecule is CC(C)[C@@H](N)C(=O)NC(C#N)c1ccccc1.[HH]. The normalized spacial score (nSPS) is 13.8. The number of carbonyl (C=O) groups is 1. The largest absolute Gasteiger partial charge is 0.335 e. The highest BCUT2D eigenvalue weighted by Gasteiger charge is 2.21. The minimum Gasteiger partial charge on any atom is -0.335 e. The molecule has 0 radical (unpaired) electrons. The number of nitriles is 1. The van der Waals surface area contributed by atoms with E-state index in [-0.39, 0.29) is 13.3 Å². The average Bonchev–Trinajstić information content (AvgIpc) is 2.35. The lowest BCUT2D eigenvalue weighted by Gasteiger charge is -2.18. The first-order valence-corrected chi connectivity index (χ1v) is 5.56. The molecule has 0 fully saturated rings. The van der Waals surface area contributed by atoms with Crippen LogP contribution in [0.4, 0.5) is 0 Å². The number of carbonyl (C=O) groups excluding carboxylic acids is 1. The average molecular weight is 233 g/mol. The van der Waals surface area contributed by atoms with Crippen LogP contribution >= 0.6 is 0 Å². The number of hydrogen-bond donors (Lipinski definition) is 2. The van der Waals surface area contributed by atoms with E-state index in [1.165, 1.54) is 0 Å². The van der Waals surface area contributed by atoms with Gasteiger partial charge >= 0.3 is 0 Å². The Morgan fingerprint density at radius 3 is 2.47 bits per heavy atom. The van der Waals surface area contributed by atoms with Crippen LogP contribution in [0.1, 0.15) is 26.9 Å². The molecule has 2 atom stereocenters. The lowest BCUT2D eigenvalue weighted by molar-refractivity contribution is -0.123. The highest BCUT2D eigenvalue weighted by Crippen LogP contribution is 2.11. The van der Waals surface area contributed by atoms with Gasteiger partial charge in [0.1, 0.15) is 6.04 Å². The summed E-state index contributed by atoms with van der Waals surface area (Å²) < 4.78 is 0. The molecule has 3 N–H and O–H groups in total. The zero-order valence-electron chi connectivity index (χ0n) is 10.1. The molecule has 0 aromatic heterocycles. The first-order valence-electron chi connectivity index (χ1n) is 5.56. The van der Waals surface area contributed by atoms with E-state index < -0.39 is 12.1 Å². The fourth-order valence-electron chi connectivity index (χ4n) is 1.38. The molecule has 1 aromatic carbocycles. The molecule has 1 unspecified atom stereocenters. The second-order valence-corrected chi connectivity index (χ2v) is 4.25. The van der Waals surface area contributed by atoms with Gasteiger partial charge in [0.2, 0.25) is 5.91 Å². The topological polar surface area (TPSA) is 78.9 Å². The molecule has 0 aliphatic carbocycles. The predicted octanol–water partition coefficient (Wildman–Crippen LogP) is 1.60. The highest BCUT2D eigenvalue weighted by atomic mass is 16.2. The first kappa shape index (κ1) is 13.2. The fourth-order valence-corrected chi connectivity index (χ4v) is 1.38. The molecule has 1 aromatic rings. The maximum absolute atomic E-state index is 11.7. The van der Waals surface area contributed by atoms with E-state index >= 15 is 0 Å². The Morgan fingerprint density at radius 2 is 2.00 bits per heavy atom. The van der Waals surface area contributed by atoms with Crippen LogP contribution < -0.4 is 11.1 Å². The van der Waals surface area contributed by atoms with Gasteiger partial charge in [-0.3, -0.25) is 4.79 Å². The van der Waals surface area contributed by atoms with Crippen LogP contribution in [0.3, 0.4) is 0 Å². The third kappa shape index (κ3) is 3.58. The summed E-state index contributed by atoms with van der Waals surface area (Å²) in [5.74, 6) is -0.250. The molecule has 1 amide bonds. The molecular weight excluding hydrogens is 214 g/mol. The standard InChI is InChI=1S/C13H17N3O.H2/c1-9(2)12(15)13(17)16-11(8-14)10-6-4-3-5-7-10;/h3-7,9,11-12H,15H2,1-2H3,(H,16,17);1H/t11?,12-;/m1./s1. The number of hydrogen-bond acceptors (Lipinski definition) is 3. The van der Waals surface area contributed by atoms with Crippen LogP contribution in [0.15, 0.2) is 30.3 Å². The van der Waals surface area contributed by atoms with E-state index in [1.807, 2.05) is 32.0 Å². The summed E-state index contributed by atoms with van der Waals surface area (Å²) in [5.41, 5.74) is 6.48. The smallest absolute Gasteiger partial charge is 0.238 e. The number of benzene rings is 1. The molecule has 92 valence electrons. The fraction of sp³-hybridized carbons (Fsp3) is 0.385. The molecule has 4 nitrogen and oxygen atoms in total. The zero-order chi connectivity index (χ0) is 12.8. The number of nitrogens with one attached hydrogen (secondary N) is 1. The molecule has 1 rings (SSSR count).